The van der Waals surface area contributed by atoms with Gasteiger partial charge in [0.1, 0.15) is 0 Å². The van der Waals surface area contributed by atoms with Crippen molar-refractivity contribution in [1.29, 1.82) is 0 Å². The molecule has 0 bridgehead atoms. The normalized spacial score (nSPS) is 23.0. The molecule has 0 N–H and O–H groups in total. The van der Waals surface area contributed by atoms with Gasteiger partial charge in [-0.15, -0.1) is 0 Å². The fourth-order valence-electron chi connectivity index (χ4n) is 0.997. The smallest absolute Gasteiger partial charge is 0.0934 e. The van der Waals surface area contributed by atoms with Crippen LogP contribution in [0.1, 0.15) is 12.0 Å². The van der Waals surface area contributed by atoms with Crippen LogP contribution in [0.4, 0.5) is 0 Å². The molecule has 1 aromatic heterocycles. The molecule has 2 nitrogen and oxygen atoms in total. The molecule has 1 aromatic rings. The zero-order valence-corrected chi connectivity index (χ0v) is 5.75. The summed E-state index contributed by atoms with van der Waals surface area (Å²) in [6.07, 6.45) is 6.27. The molecule has 1 atom stereocenters. The van der Waals surface area contributed by atoms with Crippen LogP contribution >= 0.6 is 0 Å². The average molecular weight is 138 g/mol. The number of rotatable bonds is 3. The van der Waals surface area contributed by atoms with E-state index in [1.165, 1.54) is 5.56 Å². The van der Waals surface area contributed by atoms with Gasteiger partial charge in [0, 0.05) is 0 Å². The quantitative estimate of drug-likeness (QED) is 0.593. The molecule has 0 radical (unpaired) electrons. The predicted molar refractivity (Wildman–Crippen MR) is 36.8 cm³/mol. The Labute approximate surface area is 59.8 Å². The van der Waals surface area contributed by atoms with Gasteiger partial charge in [-0.1, -0.05) is 0 Å². The van der Waals surface area contributed by atoms with Gasteiger partial charge in [-0.05, 0) is 24.5 Å². The molecular weight excluding hydrogens is 128 g/mol. The summed E-state index contributed by atoms with van der Waals surface area (Å²) in [5.41, 5.74) is 1.27. The average Bonchev–Trinajstić information content (AvgIpc) is 2.63. The topological polar surface area (TPSA) is 25.7 Å². The SMILES string of the molecule is c1cc(CCC2CO2)co1. The Morgan fingerprint density at radius 2 is 2.50 bits per heavy atom. The first-order valence-corrected chi connectivity index (χ1v) is 3.58. The third-order valence-electron chi connectivity index (χ3n) is 1.74. The van der Waals surface area contributed by atoms with Crippen molar-refractivity contribution in [2.45, 2.75) is 18.9 Å². The highest BCUT2D eigenvalue weighted by atomic mass is 16.6. The summed E-state index contributed by atoms with van der Waals surface area (Å²) < 4.78 is 10.0. The van der Waals surface area contributed by atoms with Crippen molar-refractivity contribution in [1.82, 2.24) is 0 Å². The Balaban J connectivity index is 1.79. The van der Waals surface area contributed by atoms with Crippen molar-refractivity contribution < 1.29 is 9.15 Å². The van der Waals surface area contributed by atoms with E-state index in [2.05, 4.69) is 0 Å². The van der Waals surface area contributed by atoms with Gasteiger partial charge in [0.05, 0.1) is 25.2 Å². The lowest BCUT2D eigenvalue weighted by atomic mass is 10.1. The number of aryl methyl sites for hydroxylation is 1. The van der Waals surface area contributed by atoms with Crippen LogP contribution in [0.25, 0.3) is 0 Å². The van der Waals surface area contributed by atoms with E-state index >= 15 is 0 Å². The first-order chi connectivity index (χ1) is 4.95. The van der Waals surface area contributed by atoms with E-state index in [4.69, 9.17) is 9.15 Å². The highest BCUT2D eigenvalue weighted by molar-refractivity contribution is 5.05. The fraction of sp³-hybridized carbons (Fsp3) is 0.500. The Morgan fingerprint density at radius 1 is 1.60 bits per heavy atom. The largest absolute Gasteiger partial charge is 0.472 e. The fourth-order valence-corrected chi connectivity index (χ4v) is 0.997. The summed E-state index contributed by atoms with van der Waals surface area (Å²) in [7, 11) is 0. The second-order valence-corrected chi connectivity index (χ2v) is 2.63. The minimum absolute atomic E-state index is 0.537. The van der Waals surface area contributed by atoms with Crippen molar-refractivity contribution in [3.63, 3.8) is 0 Å². The maximum absolute atomic E-state index is 5.08. The minimum atomic E-state index is 0.537. The second kappa shape index (κ2) is 2.46. The summed E-state index contributed by atoms with van der Waals surface area (Å²) in [5, 5.41) is 0. The van der Waals surface area contributed by atoms with Crippen LogP contribution in [-0.2, 0) is 11.2 Å². The van der Waals surface area contributed by atoms with E-state index in [0.717, 1.165) is 19.4 Å². The van der Waals surface area contributed by atoms with Gasteiger partial charge in [-0.2, -0.15) is 0 Å². The maximum atomic E-state index is 5.08. The number of epoxide rings is 1. The van der Waals surface area contributed by atoms with Crippen LogP contribution in [-0.4, -0.2) is 12.7 Å². The van der Waals surface area contributed by atoms with Gasteiger partial charge in [-0.3, -0.25) is 0 Å². The van der Waals surface area contributed by atoms with Crippen LogP contribution in [0.3, 0.4) is 0 Å². The molecule has 1 saturated heterocycles. The van der Waals surface area contributed by atoms with Crippen molar-refractivity contribution in [2.24, 2.45) is 0 Å². The molecule has 0 amide bonds. The molecule has 1 fully saturated rings. The molecule has 2 heteroatoms. The summed E-state index contributed by atoms with van der Waals surface area (Å²) >= 11 is 0. The lowest BCUT2D eigenvalue weighted by Crippen LogP contribution is -1.88. The van der Waals surface area contributed by atoms with Crippen LogP contribution in [0, 0.1) is 0 Å². The Kier molecular flexibility index (Phi) is 1.47. The second-order valence-electron chi connectivity index (χ2n) is 2.63. The van der Waals surface area contributed by atoms with E-state index < -0.39 is 0 Å². The molecule has 10 heavy (non-hydrogen) atoms. The number of hydrogen-bond acceptors (Lipinski definition) is 2. The van der Waals surface area contributed by atoms with E-state index in [0.29, 0.717) is 6.10 Å². The zero-order chi connectivity index (χ0) is 6.81. The lowest BCUT2D eigenvalue weighted by Gasteiger charge is -1.89. The highest BCUT2D eigenvalue weighted by Gasteiger charge is 2.21. The van der Waals surface area contributed by atoms with Gasteiger partial charge < -0.3 is 9.15 Å². The maximum Gasteiger partial charge on any atom is 0.0934 e. The van der Waals surface area contributed by atoms with Crippen molar-refractivity contribution in [2.75, 3.05) is 6.61 Å². The third-order valence-corrected chi connectivity index (χ3v) is 1.74. The van der Waals surface area contributed by atoms with Crippen LogP contribution in [0.2, 0.25) is 0 Å². The Bertz CT molecular complexity index is 187. The molecule has 1 unspecified atom stereocenters. The number of furan rings is 1. The molecular formula is C8H10O2. The molecule has 54 valence electrons. The first-order valence-electron chi connectivity index (χ1n) is 3.58. The highest BCUT2D eigenvalue weighted by Crippen LogP contribution is 2.16. The standard InChI is InChI=1S/C8H10O2/c1(2-8-6-10-8)7-3-4-9-5-7/h3-5,8H,1-2,6H2. The van der Waals surface area contributed by atoms with Crippen LogP contribution in [0.15, 0.2) is 23.0 Å². The molecule has 0 spiro atoms. The summed E-state index contributed by atoms with van der Waals surface area (Å²) in [6.45, 7) is 0.956. The van der Waals surface area contributed by atoms with Gasteiger partial charge in [0.25, 0.3) is 0 Å². The Hall–Kier alpha value is -0.760. The van der Waals surface area contributed by atoms with Crippen LogP contribution < -0.4 is 0 Å². The van der Waals surface area contributed by atoms with Gasteiger partial charge >= 0.3 is 0 Å². The third kappa shape index (κ3) is 1.39. The minimum Gasteiger partial charge on any atom is -0.472 e. The summed E-state index contributed by atoms with van der Waals surface area (Å²) in [4.78, 5) is 0. The van der Waals surface area contributed by atoms with Crippen molar-refractivity contribution >= 4 is 0 Å². The van der Waals surface area contributed by atoms with Gasteiger partial charge in [-0.25, -0.2) is 0 Å². The van der Waals surface area contributed by atoms with Crippen LogP contribution in [0.5, 0.6) is 0 Å². The Morgan fingerprint density at radius 3 is 3.10 bits per heavy atom. The molecule has 0 saturated carbocycles. The van der Waals surface area contributed by atoms with E-state index in [1.807, 2.05) is 6.07 Å². The predicted octanol–water partition coefficient (Wildman–Crippen LogP) is 1.61. The molecule has 1 aliphatic heterocycles. The van der Waals surface area contributed by atoms with Gasteiger partial charge in [0.2, 0.25) is 0 Å². The first kappa shape index (κ1) is 5.98. The lowest BCUT2D eigenvalue weighted by molar-refractivity contribution is 0.396. The van der Waals surface area contributed by atoms with Gasteiger partial charge in [0.15, 0.2) is 0 Å². The summed E-state index contributed by atoms with van der Waals surface area (Å²) in [5.74, 6) is 0. The molecule has 2 heterocycles. The molecule has 0 aromatic carbocycles. The molecule has 0 aliphatic carbocycles. The molecule has 1 aliphatic rings. The van der Waals surface area contributed by atoms with E-state index in [-0.39, 0.29) is 0 Å². The van der Waals surface area contributed by atoms with E-state index in [9.17, 15) is 0 Å². The number of ether oxygens (including phenoxy) is 1. The van der Waals surface area contributed by atoms with E-state index in [1.54, 1.807) is 12.5 Å². The monoisotopic (exact) mass is 138 g/mol. The van der Waals surface area contributed by atoms with Crippen molar-refractivity contribution in [3.8, 4) is 0 Å². The summed E-state index contributed by atoms with van der Waals surface area (Å²) in [6, 6.07) is 2.00. The molecule has 2 rings (SSSR count). The number of hydrogen-bond donors (Lipinski definition) is 0. The van der Waals surface area contributed by atoms with Crippen molar-refractivity contribution in [3.05, 3.63) is 24.2 Å². The zero-order valence-electron chi connectivity index (χ0n) is 5.75.